The highest BCUT2D eigenvalue weighted by molar-refractivity contribution is 6.31. The molecule has 1 aliphatic rings. The van der Waals surface area contributed by atoms with Gasteiger partial charge in [0.05, 0.1) is 0 Å². The van der Waals surface area contributed by atoms with Gasteiger partial charge in [0.1, 0.15) is 0 Å². The van der Waals surface area contributed by atoms with Crippen molar-refractivity contribution in [3.05, 3.63) is 64.1 Å². The molecule has 3 heteroatoms. The van der Waals surface area contributed by atoms with Crippen molar-refractivity contribution in [1.82, 2.24) is 0 Å². The highest BCUT2D eigenvalue weighted by Gasteiger charge is 2.31. The Labute approximate surface area is 123 Å². The number of hydrogen-bond donors (Lipinski definition) is 1. The van der Waals surface area contributed by atoms with Crippen molar-refractivity contribution in [3.8, 4) is 0 Å². The smallest absolute Gasteiger partial charge is 0.0440 e. The van der Waals surface area contributed by atoms with Crippen LogP contribution < -0.4 is 5.32 Å². The highest BCUT2D eigenvalue weighted by atomic mass is 35.5. The molecule has 0 bridgehead atoms. The van der Waals surface area contributed by atoms with Crippen LogP contribution >= 0.6 is 23.2 Å². The third kappa shape index (κ3) is 2.88. The molecule has 0 aromatic heterocycles. The molecule has 1 nitrogen and oxygen atoms in total. The predicted octanol–water partition coefficient (Wildman–Crippen LogP) is 5.35. The Morgan fingerprint density at radius 1 is 0.895 bits per heavy atom. The molecule has 1 saturated carbocycles. The topological polar surface area (TPSA) is 12.0 Å². The van der Waals surface area contributed by atoms with Crippen LogP contribution in [0.3, 0.4) is 0 Å². The summed E-state index contributed by atoms with van der Waals surface area (Å²) in [6.07, 6.45) is 2.26. The predicted molar refractivity (Wildman–Crippen MR) is 82.3 cm³/mol. The molecule has 0 radical (unpaired) electrons. The molecule has 1 fully saturated rings. The van der Waals surface area contributed by atoms with E-state index >= 15 is 0 Å². The molecule has 0 aliphatic heterocycles. The van der Waals surface area contributed by atoms with E-state index in [1.165, 1.54) is 5.56 Å². The van der Waals surface area contributed by atoms with Gasteiger partial charge in [0.25, 0.3) is 0 Å². The molecule has 98 valence electrons. The van der Waals surface area contributed by atoms with Crippen molar-refractivity contribution in [2.75, 3.05) is 5.32 Å². The van der Waals surface area contributed by atoms with Crippen LogP contribution in [0.4, 0.5) is 5.69 Å². The highest BCUT2D eigenvalue weighted by Crippen LogP contribution is 2.41. The third-order valence-corrected chi connectivity index (χ3v) is 4.29. The second-order valence-electron chi connectivity index (χ2n) is 5.04. The van der Waals surface area contributed by atoms with Crippen molar-refractivity contribution in [2.45, 2.75) is 24.8 Å². The van der Waals surface area contributed by atoms with Gasteiger partial charge in [0.15, 0.2) is 0 Å². The molecule has 0 spiro atoms. The van der Waals surface area contributed by atoms with Crippen molar-refractivity contribution < 1.29 is 0 Å². The van der Waals surface area contributed by atoms with Gasteiger partial charge in [-0.1, -0.05) is 41.4 Å². The van der Waals surface area contributed by atoms with E-state index in [9.17, 15) is 0 Å². The molecule has 0 heterocycles. The van der Waals surface area contributed by atoms with E-state index in [0.717, 1.165) is 28.6 Å². The minimum absolute atomic E-state index is 0.530. The van der Waals surface area contributed by atoms with Gasteiger partial charge in [-0.15, -0.1) is 0 Å². The van der Waals surface area contributed by atoms with E-state index in [0.29, 0.717) is 12.0 Å². The molecule has 1 N–H and O–H groups in total. The first kappa shape index (κ1) is 12.8. The van der Waals surface area contributed by atoms with E-state index in [1.807, 2.05) is 36.4 Å². The fourth-order valence-corrected chi connectivity index (χ4v) is 2.99. The molecule has 0 amide bonds. The summed E-state index contributed by atoms with van der Waals surface area (Å²) in [5, 5.41) is 5.18. The molecule has 3 rings (SSSR count). The molecule has 0 atom stereocenters. The molecule has 2 aromatic carbocycles. The zero-order chi connectivity index (χ0) is 13.2. The van der Waals surface area contributed by atoms with E-state index in [4.69, 9.17) is 23.2 Å². The summed E-state index contributed by atoms with van der Waals surface area (Å²) in [6, 6.07) is 16.5. The number of hydrogen-bond acceptors (Lipinski definition) is 1. The van der Waals surface area contributed by atoms with Gasteiger partial charge in [-0.3, -0.25) is 0 Å². The van der Waals surface area contributed by atoms with Crippen LogP contribution in [0.2, 0.25) is 10.0 Å². The van der Waals surface area contributed by atoms with Crippen LogP contribution in [0.15, 0.2) is 48.5 Å². The first-order valence-corrected chi connectivity index (χ1v) is 7.24. The van der Waals surface area contributed by atoms with Gasteiger partial charge in [-0.25, -0.2) is 0 Å². The average Bonchev–Trinajstić information content (AvgIpc) is 2.37. The van der Waals surface area contributed by atoms with Crippen LogP contribution in [0, 0.1) is 0 Å². The summed E-state index contributed by atoms with van der Waals surface area (Å²) in [5.74, 6) is 0.582. The summed E-state index contributed by atoms with van der Waals surface area (Å²) < 4.78 is 0. The van der Waals surface area contributed by atoms with Gasteiger partial charge in [0.2, 0.25) is 0 Å². The zero-order valence-electron chi connectivity index (χ0n) is 10.4. The maximum Gasteiger partial charge on any atom is 0.0440 e. The quantitative estimate of drug-likeness (QED) is 0.804. The van der Waals surface area contributed by atoms with Crippen LogP contribution in [0.1, 0.15) is 24.3 Å². The second-order valence-corrected chi connectivity index (χ2v) is 5.88. The molecular formula is C16H15Cl2N. The fourth-order valence-electron chi connectivity index (χ4n) is 2.58. The number of rotatable bonds is 3. The SMILES string of the molecule is Clc1ccc(NC2CC(c3ccccc3Cl)C2)cc1. The zero-order valence-corrected chi connectivity index (χ0v) is 12.0. The summed E-state index contributed by atoms with van der Waals surface area (Å²) in [4.78, 5) is 0. The van der Waals surface area contributed by atoms with Crippen LogP contribution in [-0.4, -0.2) is 6.04 Å². The van der Waals surface area contributed by atoms with Crippen LogP contribution in [0.5, 0.6) is 0 Å². The van der Waals surface area contributed by atoms with Crippen molar-refractivity contribution in [1.29, 1.82) is 0 Å². The van der Waals surface area contributed by atoms with Gasteiger partial charge in [0, 0.05) is 21.8 Å². The normalized spacial score (nSPS) is 21.8. The number of benzene rings is 2. The Balaban J connectivity index is 1.58. The van der Waals surface area contributed by atoms with E-state index in [-0.39, 0.29) is 0 Å². The molecular weight excluding hydrogens is 277 g/mol. The minimum atomic E-state index is 0.530. The van der Waals surface area contributed by atoms with Crippen molar-refractivity contribution in [3.63, 3.8) is 0 Å². The monoisotopic (exact) mass is 291 g/mol. The molecule has 2 aromatic rings. The number of anilines is 1. The summed E-state index contributed by atoms with van der Waals surface area (Å²) >= 11 is 12.1. The first-order valence-electron chi connectivity index (χ1n) is 6.49. The van der Waals surface area contributed by atoms with Crippen molar-refractivity contribution >= 4 is 28.9 Å². The van der Waals surface area contributed by atoms with E-state index in [1.54, 1.807) is 0 Å². The standard InChI is InChI=1S/C16H15Cl2N/c17-12-5-7-13(8-6-12)19-14-9-11(10-14)15-3-1-2-4-16(15)18/h1-8,11,14,19H,9-10H2. The lowest BCUT2D eigenvalue weighted by Crippen LogP contribution is -2.34. The molecule has 19 heavy (non-hydrogen) atoms. The van der Waals surface area contributed by atoms with E-state index in [2.05, 4.69) is 17.4 Å². The number of halogens is 2. The van der Waals surface area contributed by atoms with Crippen molar-refractivity contribution in [2.24, 2.45) is 0 Å². The third-order valence-electron chi connectivity index (χ3n) is 3.70. The summed E-state index contributed by atoms with van der Waals surface area (Å²) in [6.45, 7) is 0. The van der Waals surface area contributed by atoms with Gasteiger partial charge >= 0.3 is 0 Å². The Morgan fingerprint density at radius 3 is 2.26 bits per heavy atom. The fraction of sp³-hybridized carbons (Fsp3) is 0.250. The number of nitrogens with one attached hydrogen (secondary N) is 1. The van der Waals surface area contributed by atoms with Crippen LogP contribution in [-0.2, 0) is 0 Å². The Hall–Kier alpha value is -1.18. The summed E-state index contributed by atoms with van der Waals surface area (Å²) in [5.41, 5.74) is 2.41. The van der Waals surface area contributed by atoms with Gasteiger partial charge < -0.3 is 5.32 Å². The lowest BCUT2D eigenvalue weighted by Gasteiger charge is -2.37. The Morgan fingerprint density at radius 2 is 1.58 bits per heavy atom. The lowest BCUT2D eigenvalue weighted by molar-refractivity contribution is 0.374. The average molecular weight is 292 g/mol. The maximum absolute atomic E-state index is 6.22. The van der Waals surface area contributed by atoms with Crippen LogP contribution in [0.25, 0.3) is 0 Å². The van der Waals surface area contributed by atoms with Gasteiger partial charge in [-0.2, -0.15) is 0 Å². The minimum Gasteiger partial charge on any atom is -0.382 e. The second kappa shape index (κ2) is 5.44. The lowest BCUT2D eigenvalue weighted by atomic mass is 9.76. The summed E-state index contributed by atoms with van der Waals surface area (Å²) in [7, 11) is 0. The largest absolute Gasteiger partial charge is 0.382 e. The first-order chi connectivity index (χ1) is 9.22. The van der Waals surface area contributed by atoms with Gasteiger partial charge in [-0.05, 0) is 54.7 Å². The molecule has 0 saturated heterocycles. The molecule has 0 unspecified atom stereocenters. The molecule has 1 aliphatic carbocycles. The Bertz CT molecular complexity index is 559. The Kier molecular flexibility index (Phi) is 3.67. The van der Waals surface area contributed by atoms with E-state index < -0.39 is 0 Å². The maximum atomic E-state index is 6.22.